The Morgan fingerprint density at radius 3 is 2.39 bits per heavy atom. The van der Waals surface area contributed by atoms with Crippen molar-refractivity contribution in [2.45, 2.75) is 0 Å². The van der Waals surface area contributed by atoms with Gasteiger partial charge in [0.1, 0.15) is 0 Å². The van der Waals surface area contributed by atoms with Gasteiger partial charge < -0.3 is 15.0 Å². The predicted molar refractivity (Wildman–Crippen MR) is 65.3 cm³/mol. The zero-order chi connectivity index (χ0) is 13.7. The number of ether oxygens (including phenoxy) is 1. The number of nitrogens with one attached hydrogen (secondary N) is 1. The Balaban J connectivity index is 3.13. The minimum Gasteiger partial charge on any atom is -0.465 e. The van der Waals surface area contributed by atoms with E-state index in [1.54, 1.807) is 18.2 Å². The second kappa shape index (κ2) is 5.81. The smallest absolute Gasteiger partial charge is 0.339 e. The third-order valence-corrected chi connectivity index (χ3v) is 2.40. The molecule has 6 nitrogen and oxygen atoms in total. The second-order valence-electron chi connectivity index (χ2n) is 3.45. The molecule has 2 amide bonds. The zero-order valence-corrected chi connectivity index (χ0v) is 10.4. The molecule has 0 radical (unpaired) electrons. The summed E-state index contributed by atoms with van der Waals surface area (Å²) >= 11 is 0. The highest BCUT2D eigenvalue weighted by Gasteiger charge is 2.22. The SMILES string of the molecule is CNC(=O)C(=O)N(C)c1ccccc1C(=O)OC. The van der Waals surface area contributed by atoms with Gasteiger partial charge in [-0.25, -0.2) is 4.79 Å². The zero-order valence-electron chi connectivity index (χ0n) is 10.4. The molecule has 0 heterocycles. The van der Waals surface area contributed by atoms with E-state index in [9.17, 15) is 14.4 Å². The first-order valence-corrected chi connectivity index (χ1v) is 5.20. The Hall–Kier alpha value is -2.37. The van der Waals surface area contributed by atoms with Gasteiger partial charge in [0, 0.05) is 14.1 Å². The van der Waals surface area contributed by atoms with Crippen LogP contribution in [0.3, 0.4) is 0 Å². The van der Waals surface area contributed by atoms with Gasteiger partial charge in [-0.2, -0.15) is 0 Å². The first kappa shape index (κ1) is 13.7. The third-order valence-electron chi connectivity index (χ3n) is 2.40. The largest absolute Gasteiger partial charge is 0.465 e. The molecule has 0 aliphatic heterocycles. The first-order valence-electron chi connectivity index (χ1n) is 5.20. The number of nitrogens with zero attached hydrogens (tertiary/aromatic N) is 1. The summed E-state index contributed by atoms with van der Waals surface area (Å²) in [5, 5.41) is 2.23. The van der Waals surface area contributed by atoms with E-state index in [1.807, 2.05) is 0 Å². The molecule has 96 valence electrons. The van der Waals surface area contributed by atoms with E-state index in [0.29, 0.717) is 5.69 Å². The highest BCUT2D eigenvalue weighted by molar-refractivity contribution is 6.40. The molecule has 0 atom stereocenters. The molecule has 0 aliphatic rings. The average Bonchev–Trinajstić information content (AvgIpc) is 2.43. The lowest BCUT2D eigenvalue weighted by Crippen LogP contribution is -2.40. The molecule has 0 aliphatic carbocycles. The van der Waals surface area contributed by atoms with Gasteiger partial charge in [0.05, 0.1) is 18.4 Å². The van der Waals surface area contributed by atoms with Crippen LogP contribution in [0.4, 0.5) is 5.69 Å². The highest BCUT2D eigenvalue weighted by atomic mass is 16.5. The van der Waals surface area contributed by atoms with E-state index in [4.69, 9.17) is 0 Å². The summed E-state index contributed by atoms with van der Waals surface area (Å²) in [6.07, 6.45) is 0. The van der Waals surface area contributed by atoms with Crippen LogP contribution < -0.4 is 10.2 Å². The number of benzene rings is 1. The van der Waals surface area contributed by atoms with Crippen molar-refractivity contribution < 1.29 is 19.1 Å². The van der Waals surface area contributed by atoms with E-state index in [2.05, 4.69) is 10.1 Å². The number of hydrogen-bond acceptors (Lipinski definition) is 4. The fourth-order valence-electron chi connectivity index (χ4n) is 1.42. The summed E-state index contributed by atoms with van der Waals surface area (Å²) in [5.74, 6) is -2.08. The van der Waals surface area contributed by atoms with Gasteiger partial charge in [0.15, 0.2) is 0 Å². The quantitative estimate of drug-likeness (QED) is 0.600. The molecule has 0 bridgehead atoms. The van der Waals surface area contributed by atoms with E-state index in [1.165, 1.54) is 27.3 Å². The molecule has 6 heteroatoms. The van der Waals surface area contributed by atoms with E-state index in [-0.39, 0.29) is 5.56 Å². The number of carbonyl (C=O) groups excluding carboxylic acids is 3. The van der Waals surface area contributed by atoms with Gasteiger partial charge in [-0.05, 0) is 12.1 Å². The number of esters is 1. The fourth-order valence-corrected chi connectivity index (χ4v) is 1.42. The maximum absolute atomic E-state index is 11.7. The van der Waals surface area contributed by atoms with Crippen molar-refractivity contribution in [3.63, 3.8) is 0 Å². The summed E-state index contributed by atoms with van der Waals surface area (Å²) in [6, 6.07) is 6.39. The van der Waals surface area contributed by atoms with Gasteiger partial charge in [-0.1, -0.05) is 12.1 Å². The van der Waals surface area contributed by atoms with Gasteiger partial charge in [-0.15, -0.1) is 0 Å². The number of rotatable bonds is 2. The van der Waals surface area contributed by atoms with E-state index < -0.39 is 17.8 Å². The first-order chi connectivity index (χ1) is 8.52. The van der Waals surface area contributed by atoms with Crippen LogP contribution in [0.15, 0.2) is 24.3 Å². The Labute approximate surface area is 105 Å². The van der Waals surface area contributed by atoms with Crippen molar-refractivity contribution in [2.75, 3.05) is 26.1 Å². The summed E-state index contributed by atoms with van der Waals surface area (Å²) in [4.78, 5) is 35.6. The lowest BCUT2D eigenvalue weighted by atomic mass is 10.1. The minimum atomic E-state index is -0.756. The number of para-hydroxylation sites is 1. The van der Waals surface area contributed by atoms with Crippen LogP contribution in [-0.2, 0) is 14.3 Å². The lowest BCUT2D eigenvalue weighted by Gasteiger charge is -2.18. The van der Waals surface area contributed by atoms with Crippen molar-refractivity contribution in [3.8, 4) is 0 Å². The fraction of sp³-hybridized carbons (Fsp3) is 0.250. The summed E-state index contributed by atoms with van der Waals surface area (Å²) in [7, 11) is 4.03. The molecule has 0 saturated carbocycles. The summed E-state index contributed by atoms with van der Waals surface area (Å²) in [6.45, 7) is 0. The number of carbonyl (C=O) groups is 3. The number of likely N-dealkylation sites (N-methyl/N-ethyl adjacent to an activating group) is 2. The van der Waals surface area contributed by atoms with Crippen LogP contribution in [0.25, 0.3) is 0 Å². The highest BCUT2D eigenvalue weighted by Crippen LogP contribution is 2.20. The molecular formula is C12H14N2O4. The number of amides is 2. The van der Waals surface area contributed by atoms with Crippen LogP contribution >= 0.6 is 0 Å². The van der Waals surface area contributed by atoms with Crippen LogP contribution in [0, 0.1) is 0 Å². The van der Waals surface area contributed by atoms with Crippen molar-refractivity contribution in [3.05, 3.63) is 29.8 Å². The molecule has 0 fully saturated rings. The monoisotopic (exact) mass is 250 g/mol. The third kappa shape index (κ3) is 2.65. The van der Waals surface area contributed by atoms with Crippen molar-refractivity contribution in [2.24, 2.45) is 0 Å². The van der Waals surface area contributed by atoms with Crippen LogP contribution in [0.1, 0.15) is 10.4 Å². The van der Waals surface area contributed by atoms with Crippen LogP contribution in [0.5, 0.6) is 0 Å². The van der Waals surface area contributed by atoms with Gasteiger partial charge >= 0.3 is 17.8 Å². The molecule has 1 aromatic rings. The Morgan fingerprint density at radius 1 is 1.22 bits per heavy atom. The van der Waals surface area contributed by atoms with E-state index in [0.717, 1.165) is 4.90 Å². The van der Waals surface area contributed by atoms with Crippen molar-refractivity contribution in [1.82, 2.24) is 5.32 Å². The molecule has 18 heavy (non-hydrogen) atoms. The summed E-state index contributed by atoms with van der Waals surface area (Å²) in [5.41, 5.74) is 0.540. The number of methoxy groups -OCH3 is 1. The molecule has 1 N–H and O–H groups in total. The Kier molecular flexibility index (Phi) is 4.42. The topological polar surface area (TPSA) is 75.7 Å². The molecule has 0 unspecified atom stereocenters. The van der Waals surface area contributed by atoms with Gasteiger partial charge in [0.25, 0.3) is 0 Å². The Bertz CT molecular complexity index is 485. The molecule has 1 aromatic carbocycles. The summed E-state index contributed by atoms with van der Waals surface area (Å²) < 4.78 is 4.62. The lowest BCUT2D eigenvalue weighted by molar-refractivity contribution is -0.137. The normalized spacial score (nSPS) is 9.50. The maximum Gasteiger partial charge on any atom is 0.339 e. The average molecular weight is 250 g/mol. The molecule has 0 spiro atoms. The molecule has 0 saturated heterocycles. The van der Waals surface area contributed by atoms with Crippen molar-refractivity contribution in [1.29, 1.82) is 0 Å². The Morgan fingerprint density at radius 2 is 1.83 bits per heavy atom. The van der Waals surface area contributed by atoms with Crippen LogP contribution in [-0.4, -0.2) is 39.0 Å². The standard InChI is InChI=1S/C12H14N2O4/c1-13-10(15)11(16)14(2)9-7-5-4-6-8(9)12(17)18-3/h4-7H,1-3H3,(H,13,15). The van der Waals surface area contributed by atoms with Crippen molar-refractivity contribution >= 4 is 23.5 Å². The minimum absolute atomic E-state index is 0.222. The number of anilines is 1. The maximum atomic E-state index is 11.7. The predicted octanol–water partition coefficient (Wildman–Crippen LogP) is 0.182. The number of hydrogen-bond donors (Lipinski definition) is 1. The van der Waals surface area contributed by atoms with Crippen LogP contribution in [0.2, 0.25) is 0 Å². The molecule has 0 aromatic heterocycles. The molecular weight excluding hydrogens is 236 g/mol. The van der Waals surface area contributed by atoms with Gasteiger partial charge in [-0.3, -0.25) is 9.59 Å². The molecule has 1 rings (SSSR count). The van der Waals surface area contributed by atoms with E-state index >= 15 is 0 Å². The van der Waals surface area contributed by atoms with Gasteiger partial charge in [0.2, 0.25) is 0 Å². The second-order valence-corrected chi connectivity index (χ2v) is 3.45.